The van der Waals surface area contributed by atoms with E-state index in [9.17, 15) is 0 Å². The van der Waals surface area contributed by atoms with E-state index in [1.54, 1.807) is 0 Å². The first-order valence-corrected chi connectivity index (χ1v) is 11.3. The minimum absolute atomic E-state index is 0.210. The molecule has 1 unspecified atom stereocenters. The van der Waals surface area contributed by atoms with E-state index in [2.05, 4.69) is 22.6 Å². The third-order valence-electron chi connectivity index (χ3n) is 5.92. The van der Waals surface area contributed by atoms with E-state index in [0.717, 1.165) is 28.1 Å². The second-order valence-electron chi connectivity index (χ2n) is 7.95. The molecule has 8 heteroatoms. The number of nitrogens with zero attached hydrogens (tertiary/aromatic N) is 3. The van der Waals surface area contributed by atoms with Gasteiger partial charge >= 0.3 is 0 Å². The molecule has 1 N–H and O–H groups in total. The maximum absolute atomic E-state index is 5.82. The van der Waals surface area contributed by atoms with Gasteiger partial charge in [0.1, 0.15) is 0 Å². The molecule has 0 radical (unpaired) electrons. The number of aromatic nitrogens is 2. The summed E-state index contributed by atoms with van der Waals surface area (Å²) in [6.45, 7) is 2.22. The number of nitrogens with one attached hydrogen (secondary N) is 1. The molecule has 0 saturated heterocycles. The van der Waals surface area contributed by atoms with Gasteiger partial charge in [-0.15, -0.1) is 0 Å². The standard InChI is InChI=1S/C26H20N4O3S/c1-16-22(25-28-24(29-33-25)18-10-6-3-7-11-18)23(17-8-4-2-5-9-17)27-26(34)30(16)19-12-13-20-21(14-19)32-15-31-20/h2-14,23H,15H2,1H3,(H,27,34). The molecule has 0 amide bonds. The number of ether oxygens (including phenoxy) is 2. The van der Waals surface area contributed by atoms with E-state index in [0.29, 0.717) is 28.3 Å². The van der Waals surface area contributed by atoms with Gasteiger partial charge in [0.25, 0.3) is 5.89 Å². The van der Waals surface area contributed by atoms with E-state index in [-0.39, 0.29) is 12.8 Å². The van der Waals surface area contributed by atoms with Crippen LogP contribution in [-0.4, -0.2) is 22.0 Å². The highest BCUT2D eigenvalue weighted by atomic mass is 32.1. The minimum Gasteiger partial charge on any atom is -0.454 e. The molecule has 7 nitrogen and oxygen atoms in total. The van der Waals surface area contributed by atoms with Crippen LogP contribution in [0.2, 0.25) is 0 Å². The zero-order valence-electron chi connectivity index (χ0n) is 18.3. The molecule has 168 valence electrons. The Morgan fingerprint density at radius 2 is 1.68 bits per heavy atom. The summed E-state index contributed by atoms with van der Waals surface area (Å²) >= 11 is 5.82. The number of rotatable bonds is 4. The Morgan fingerprint density at radius 3 is 2.47 bits per heavy atom. The van der Waals surface area contributed by atoms with Gasteiger partial charge in [-0.1, -0.05) is 65.8 Å². The van der Waals surface area contributed by atoms with Gasteiger partial charge in [0.15, 0.2) is 16.6 Å². The lowest BCUT2D eigenvalue weighted by Crippen LogP contribution is -2.46. The van der Waals surface area contributed by atoms with Gasteiger partial charge in [0, 0.05) is 17.3 Å². The lowest BCUT2D eigenvalue weighted by atomic mass is 9.94. The Balaban J connectivity index is 1.49. The van der Waals surface area contributed by atoms with E-state index in [1.807, 2.05) is 78.6 Å². The van der Waals surface area contributed by atoms with Gasteiger partial charge in [-0.25, -0.2) is 0 Å². The van der Waals surface area contributed by atoms with Crippen LogP contribution in [0.3, 0.4) is 0 Å². The first kappa shape index (κ1) is 20.4. The number of thiocarbonyl (C=S) groups is 1. The minimum atomic E-state index is -0.247. The lowest BCUT2D eigenvalue weighted by molar-refractivity contribution is 0.174. The summed E-state index contributed by atoms with van der Waals surface area (Å²) in [5, 5.41) is 8.30. The smallest absolute Gasteiger partial charge is 0.258 e. The summed E-state index contributed by atoms with van der Waals surface area (Å²) in [5.41, 5.74) is 4.53. The van der Waals surface area contributed by atoms with Gasteiger partial charge in [-0.3, -0.25) is 4.90 Å². The van der Waals surface area contributed by atoms with Crippen molar-refractivity contribution in [3.05, 3.63) is 96.0 Å². The fraction of sp³-hybridized carbons (Fsp3) is 0.115. The molecular formula is C26H20N4O3S. The molecule has 1 aromatic heterocycles. The number of fused-ring (bicyclic) bond motifs is 1. The Morgan fingerprint density at radius 1 is 0.941 bits per heavy atom. The van der Waals surface area contributed by atoms with Crippen molar-refractivity contribution in [1.82, 2.24) is 15.5 Å². The fourth-order valence-electron chi connectivity index (χ4n) is 4.29. The van der Waals surface area contributed by atoms with Crippen molar-refractivity contribution in [2.24, 2.45) is 0 Å². The maximum Gasteiger partial charge on any atom is 0.258 e. The predicted molar refractivity (Wildman–Crippen MR) is 132 cm³/mol. The third kappa shape index (κ3) is 3.48. The summed E-state index contributed by atoms with van der Waals surface area (Å²) in [4.78, 5) is 6.71. The van der Waals surface area contributed by atoms with Gasteiger partial charge < -0.3 is 19.3 Å². The van der Waals surface area contributed by atoms with E-state index in [4.69, 9.17) is 31.2 Å². The van der Waals surface area contributed by atoms with Crippen LogP contribution in [0.15, 0.2) is 89.1 Å². The predicted octanol–water partition coefficient (Wildman–Crippen LogP) is 5.33. The maximum atomic E-state index is 5.82. The van der Waals surface area contributed by atoms with Crippen LogP contribution in [0.5, 0.6) is 11.5 Å². The summed E-state index contributed by atoms with van der Waals surface area (Å²) in [6, 6.07) is 25.4. The number of anilines is 1. The first-order chi connectivity index (χ1) is 16.7. The highest BCUT2D eigenvalue weighted by molar-refractivity contribution is 7.80. The molecule has 2 aliphatic rings. The Hall–Kier alpha value is -4.17. The molecular weight excluding hydrogens is 448 g/mol. The molecule has 3 heterocycles. The molecule has 1 atom stereocenters. The van der Waals surface area contributed by atoms with Crippen molar-refractivity contribution >= 4 is 28.6 Å². The highest BCUT2D eigenvalue weighted by Gasteiger charge is 2.35. The Kier molecular flexibility index (Phi) is 5.00. The van der Waals surface area contributed by atoms with Crippen LogP contribution in [0, 0.1) is 0 Å². The second kappa shape index (κ2) is 8.31. The van der Waals surface area contributed by atoms with Crippen molar-refractivity contribution in [3.63, 3.8) is 0 Å². The normalized spacial score (nSPS) is 17.1. The molecule has 2 aliphatic heterocycles. The molecule has 0 aliphatic carbocycles. The Labute approximate surface area is 201 Å². The zero-order chi connectivity index (χ0) is 23.1. The van der Waals surface area contributed by atoms with Crippen molar-refractivity contribution in [3.8, 4) is 22.9 Å². The summed E-state index contributed by atoms with van der Waals surface area (Å²) < 4.78 is 16.9. The zero-order valence-corrected chi connectivity index (χ0v) is 19.1. The topological polar surface area (TPSA) is 72.7 Å². The molecule has 0 spiro atoms. The van der Waals surface area contributed by atoms with Crippen LogP contribution in [0.4, 0.5) is 5.69 Å². The lowest BCUT2D eigenvalue weighted by Gasteiger charge is -2.37. The molecule has 0 saturated carbocycles. The van der Waals surface area contributed by atoms with E-state index < -0.39 is 0 Å². The van der Waals surface area contributed by atoms with Gasteiger partial charge in [-0.05, 0) is 36.8 Å². The second-order valence-corrected chi connectivity index (χ2v) is 8.34. The Bertz CT molecular complexity index is 1400. The largest absolute Gasteiger partial charge is 0.454 e. The molecule has 0 fully saturated rings. The highest BCUT2D eigenvalue weighted by Crippen LogP contribution is 2.42. The van der Waals surface area contributed by atoms with E-state index in [1.165, 1.54) is 0 Å². The fourth-order valence-corrected chi connectivity index (χ4v) is 4.65. The molecule has 34 heavy (non-hydrogen) atoms. The van der Waals surface area contributed by atoms with Crippen molar-refractivity contribution < 1.29 is 14.0 Å². The average Bonchev–Trinajstić information content (AvgIpc) is 3.54. The van der Waals surface area contributed by atoms with Crippen molar-refractivity contribution in [2.75, 3.05) is 11.7 Å². The van der Waals surface area contributed by atoms with Gasteiger partial charge in [0.2, 0.25) is 12.6 Å². The third-order valence-corrected chi connectivity index (χ3v) is 6.22. The average molecular weight is 469 g/mol. The summed E-state index contributed by atoms with van der Waals surface area (Å²) in [7, 11) is 0. The van der Waals surface area contributed by atoms with Crippen LogP contribution in [0.1, 0.15) is 24.4 Å². The van der Waals surface area contributed by atoms with E-state index >= 15 is 0 Å². The monoisotopic (exact) mass is 468 g/mol. The van der Waals surface area contributed by atoms with Crippen LogP contribution in [0.25, 0.3) is 17.0 Å². The van der Waals surface area contributed by atoms with Crippen molar-refractivity contribution in [1.29, 1.82) is 0 Å². The van der Waals surface area contributed by atoms with Crippen LogP contribution in [-0.2, 0) is 0 Å². The van der Waals surface area contributed by atoms with Gasteiger partial charge in [0.05, 0.1) is 17.3 Å². The van der Waals surface area contributed by atoms with Gasteiger partial charge in [-0.2, -0.15) is 4.98 Å². The quantitative estimate of drug-likeness (QED) is 0.403. The summed E-state index contributed by atoms with van der Waals surface area (Å²) in [5.74, 6) is 2.37. The summed E-state index contributed by atoms with van der Waals surface area (Å²) in [6.07, 6.45) is 0. The number of hydrogen-bond donors (Lipinski definition) is 1. The SMILES string of the molecule is CC1=C(c2nc(-c3ccccc3)no2)C(c2ccccc2)NC(=S)N1c1ccc2c(c1)OCO2. The van der Waals surface area contributed by atoms with Crippen LogP contribution >= 0.6 is 12.2 Å². The first-order valence-electron chi connectivity index (χ1n) is 10.8. The molecule has 3 aromatic carbocycles. The number of allylic oxidation sites excluding steroid dienone is 1. The van der Waals surface area contributed by atoms with Crippen molar-refractivity contribution in [2.45, 2.75) is 13.0 Å². The molecule has 0 bridgehead atoms. The number of hydrogen-bond acceptors (Lipinski definition) is 6. The molecule has 6 rings (SSSR count). The molecule has 4 aromatic rings. The number of benzene rings is 3. The van der Waals surface area contributed by atoms with Crippen LogP contribution < -0.4 is 19.7 Å².